The Morgan fingerprint density at radius 3 is 2.50 bits per heavy atom. The molecule has 1 N–H and O–H groups in total. The van der Waals surface area contributed by atoms with Gasteiger partial charge < -0.3 is 10.2 Å². The largest absolute Gasteiger partial charge is 0.355 e. The summed E-state index contributed by atoms with van der Waals surface area (Å²) in [6.07, 6.45) is 1.88. The highest BCUT2D eigenvalue weighted by atomic mass is 35.5. The van der Waals surface area contributed by atoms with Gasteiger partial charge in [0, 0.05) is 25.8 Å². The Morgan fingerprint density at radius 2 is 2.06 bits per heavy atom. The number of nitrogens with zero attached hydrogens (tertiary/aromatic N) is 2. The summed E-state index contributed by atoms with van der Waals surface area (Å²) in [6.45, 7) is 9.64. The van der Waals surface area contributed by atoms with Gasteiger partial charge >= 0.3 is 0 Å². The monoisotopic (exact) mass is 269 g/mol. The van der Waals surface area contributed by atoms with E-state index in [1.807, 2.05) is 26.4 Å². The quantitative estimate of drug-likeness (QED) is 0.909. The van der Waals surface area contributed by atoms with E-state index in [2.05, 4.69) is 42.9 Å². The fourth-order valence-corrected chi connectivity index (χ4v) is 2.12. The molecule has 0 amide bonds. The van der Waals surface area contributed by atoms with Crippen molar-refractivity contribution in [2.24, 2.45) is 5.41 Å². The van der Waals surface area contributed by atoms with Crippen LogP contribution in [0.25, 0.3) is 0 Å². The minimum absolute atomic E-state index is 0.184. The van der Waals surface area contributed by atoms with E-state index in [0.717, 1.165) is 17.9 Å². The van der Waals surface area contributed by atoms with Gasteiger partial charge in [-0.2, -0.15) is 0 Å². The molecular weight excluding hydrogens is 246 g/mol. The van der Waals surface area contributed by atoms with E-state index in [1.165, 1.54) is 0 Å². The molecule has 0 bridgehead atoms. The molecule has 18 heavy (non-hydrogen) atoms. The van der Waals surface area contributed by atoms with E-state index in [1.54, 1.807) is 0 Å². The molecule has 0 saturated heterocycles. The van der Waals surface area contributed by atoms with Crippen LogP contribution in [-0.2, 0) is 6.54 Å². The summed E-state index contributed by atoms with van der Waals surface area (Å²) in [5.41, 5.74) is 1.28. The van der Waals surface area contributed by atoms with Gasteiger partial charge in [0.15, 0.2) is 0 Å². The number of pyridine rings is 1. The molecule has 0 aliphatic heterocycles. The number of nitrogens with one attached hydrogen (secondary N) is 1. The minimum atomic E-state index is 0.184. The second-order valence-corrected chi connectivity index (χ2v) is 6.24. The molecule has 0 aliphatic rings. The molecule has 0 fully saturated rings. The van der Waals surface area contributed by atoms with Crippen molar-refractivity contribution in [2.45, 2.75) is 40.3 Å². The number of anilines is 1. The molecule has 1 aromatic rings. The fourth-order valence-electron chi connectivity index (χ4n) is 1.80. The third-order valence-corrected chi connectivity index (χ3v) is 3.71. The summed E-state index contributed by atoms with van der Waals surface area (Å²) < 4.78 is 0. The van der Waals surface area contributed by atoms with E-state index in [4.69, 9.17) is 11.6 Å². The lowest BCUT2D eigenvalue weighted by Gasteiger charge is -2.36. The van der Waals surface area contributed by atoms with Crippen molar-refractivity contribution >= 4 is 17.4 Å². The first-order chi connectivity index (χ1) is 8.27. The molecule has 1 aromatic heterocycles. The standard InChI is InChI=1S/C14H24ClN3/c1-10(14(2,3)4)18(6)13-12(15)7-11(8-16-5)9-17-13/h7,9-10,16H,8H2,1-6H3. The summed E-state index contributed by atoms with van der Waals surface area (Å²) in [6, 6.07) is 2.34. The molecule has 4 heteroatoms. The van der Waals surface area contributed by atoms with E-state index in [-0.39, 0.29) is 5.41 Å². The molecule has 102 valence electrons. The molecule has 0 radical (unpaired) electrons. The van der Waals surface area contributed by atoms with Crippen molar-refractivity contribution < 1.29 is 0 Å². The predicted molar refractivity (Wildman–Crippen MR) is 79.3 cm³/mol. The second-order valence-electron chi connectivity index (χ2n) is 5.83. The highest BCUT2D eigenvalue weighted by Gasteiger charge is 2.25. The number of hydrogen-bond acceptors (Lipinski definition) is 3. The van der Waals surface area contributed by atoms with Crippen LogP contribution in [0.3, 0.4) is 0 Å². The van der Waals surface area contributed by atoms with Crippen molar-refractivity contribution in [1.82, 2.24) is 10.3 Å². The normalized spacial score (nSPS) is 13.5. The molecule has 1 unspecified atom stereocenters. The van der Waals surface area contributed by atoms with Crippen molar-refractivity contribution in [2.75, 3.05) is 19.0 Å². The fraction of sp³-hybridized carbons (Fsp3) is 0.643. The van der Waals surface area contributed by atoms with Crippen LogP contribution in [0.1, 0.15) is 33.3 Å². The number of rotatable bonds is 4. The Balaban J connectivity index is 2.96. The summed E-state index contributed by atoms with van der Waals surface area (Å²) in [5, 5.41) is 3.80. The first kappa shape index (κ1) is 15.3. The van der Waals surface area contributed by atoms with Crippen LogP contribution in [0.15, 0.2) is 12.3 Å². The van der Waals surface area contributed by atoms with Crippen molar-refractivity contribution in [3.05, 3.63) is 22.8 Å². The molecule has 1 atom stereocenters. The van der Waals surface area contributed by atoms with Gasteiger partial charge in [0.1, 0.15) is 5.82 Å². The first-order valence-electron chi connectivity index (χ1n) is 6.29. The molecule has 1 rings (SSSR count). The van der Waals surface area contributed by atoms with Gasteiger partial charge in [-0.15, -0.1) is 0 Å². The molecule has 0 aliphatic carbocycles. The van der Waals surface area contributed by atoms with Gasteiger partial charge in [-0.1, -0.05) is 32.4 Å². The van der Waals surface area contributed by atoms with Crippen molar-refractivity contribution in [1.29, 1.82) is 0 Å². The number of hydrogen-bond donors (Lipinski definition) is 1. The summed E-state index contributed by atoms with van der Waals surface area (Å²) in [5.74, 6) is 0.846. The van der Waals surface area contributed by atoms with E-state index < -0.39 is 0 Å². The van der Waals surface area contributed by atoms with Gasteiger partial charge in [0.2, 0.25) is 0 Å². The minimum Gasteiger partial charge on any atom is -0.355 e. The average Bonchev–Trinajstić information content (AvgIpc) is 2.26. The maximum absolute atomic E-state index is 6.32. The Morgan fingerprint density at radius 1 is 1.44 bits per heavy atom. The molecule has 0 spiro atoms. The third-order valence-electron chi connectivity index (χ3n) is 3.43. The van der Waals surface area contributed by atoms with E-state index >= 15 is 0 Å². The van der Waals surface area contributed by atoms with Crippen LogP contribution < -0.4 is 10.2 Å². The zero-order chi connectivity index (χ0) is 13.9. The smallest absolute Gasteiger partial charge is 0.147 e. The lowest BCUT2D eigenvalue weighted by atomic mass is 9.87. The van der Waals surface area contributed by atoms with Crippen LogP contribution in [0.4, 0.5) is 5.82 Å². The Bertz CT molecular complexity index is 399. The maximum Gasteiger partial charge on any atom is 0.147 e. The third kappa shape index (κ3) is 3.59. The number of halogens is 1. The molecule has 3 nitrogen and oxygen atoms in total. The highest BCUT2D eigenvalue weighted by Crippen LogP contribution is 2.30. The number of aromatic nitrogens is 1. The van der Waals surface area contributed by atoms with Gasteiger partial charge in [0.25, 0.3) is 0 Å². The molecule has 1 heterocycles. The van der Waals surface area contributed by atoms with Gasteiger partial charge in [-0.05, 0) is 31.0 Å². The van der Waals surface area contributed by atoms with E-state index in [0.29, 0.717) is 11.1 Å². The Kier molecular flexibility index (Phi) is 5.00. The predicted octanol–water partition coefficient (Wildman–Crippen LogP) is 3.33. The van der Waals surface area contributed by atoms with Gasteiger partial charge in [-0.25, -0.2) is 4.98 Å². The van der Waals surface area contributed by atoms with E-state index in [9.17, 15) is 0 Å². The van der Waals surface area contributed by atoms with Crippen LogP contribution in [0.5, 0.6) is 0 Å². The van der Waals surface area contributed by atoms with Crippen LogP contribution in [0.2, 0.25) is 5.02 Å². The Labute approximate surface area is 116 Å². The summed E-state index contributed by atoms with van der Waals surface area (Å²) in [4.78, 5) is 6.63. The van der Waals surface area contributed by atoms with Crippen molar-refractivity contribution in [3.63, 3.8) is 0 Å². The van der Waals surface area contributed by atoms with Crippen LogP contribution in [-0.4, -0.2) is 25.1 Å². The average molecular weight is 270 g/mol. The molecule has 0 saturated carbocycles. The zero-order valence-electron chi connectivity index (χ0n) is 12.2. The Hall–Kier alpha value is -0.800. The second kappa shape index (κ2) is 5.89. The topological polar surface area (TPSA) is 28.2 Å². The van der Waals surface area contributed by atoms with Crippen LogP contribution in [0, 0.1) is 5.41 Å². The van der Waals surface area contributed by atoms with Gasteiger partial charge in [0.05, 0.1) is 5.02 Å². The SMILES string of the molecule is CNCc1cnc(N(C)C(C)C(C)(C)C)c(Cl)c1. The lowest BCUT2D eigenvalue weighted by Crippen LogP contribution is -2.40. The zero-order valence-corrected chi connectivity index (χ0v) is 13.0. The van der Waals surface area contributed by atoms with Crippen LogP contribution >= 0.6 is 11.6 Å². The highest BCUT2D eigenvalue weighted by molar-refractivity contribution is 6.33. The molecule has 0 aromatic carbocycles. The maximum atomic E-state index is 6.32. The summed E-state index contributed by atoms with van der Waals surface area (Å²) >= 11 is 6.32. The first-order valence-corrected chi connectivity index (χ1v) is 6.67. The summed E-state index contributed by atoms with van der Waals surface area (Å²) in [7, 11) is 3.96. The lowest BCUT2D eigenvalue weighted by molar-refractivity contribution is 0.328. The van der Waals surface area contributed by atoms with Crippen molar-refractivity contribution in [3.8, 4) is 0 Å². The van der Waals surface area contributed by atoms with Gasteiger partial charge in [-0.3, -0.25) is 0 Å². The molecular formula is C14H24ClN3.